The van der Waals surface area contributed by atoms with Gasteiger partial charge in [-0.25, -0.2) is 0 Å². The molecule has 142 valence electrons. The van der Waals surface area contributed by atoms with E-state index in [1.807, 2.05) is 55.1 Å². The van der Waals surface area contributed by atoms with Crippen LogP contribution in [0.1, 0.15) is 39.9 Å². The predicted octanol–water partition coefficient (Wildman–Crippen LogP) is 3.27. The number of nitrogens with zero attached hydrogens (tertiary/aromatic N) is 1. The second kappa shape index (κ2) is 8.71. The normalized spacial score (nSPS) is 13.5. The fourth-order valence-electron chi connectivity index (χ4n) is 3.39. The van der Waals surface area contributed by atoms with E-state index in [0.717, 1.165) is 37.2 Å². The number of benzene rings is 2. The van der Waals surface area contributed by atoms with Crippen LogP contribution in [0.5, 0.6) is 0 Å². The van der Waals surface area contributed by atoms with E-state index >= 15 is 0 Å². The van der Waals surface area contributed by atoms with Crippen LogP contribution in [0.3, 0.4) is 0 Å². The Bertz CT molecular complexity index is 789. The summed E-state index contributed by atoms with van der Waals surface area (Å²) in [5, 5.41) is 6.06. The third-order valence-electron chi connectivity index (χ3n) is 4.76. The molecule has 2 aromatic rings. The summed E-state index contributed by atoms with van der Waals surface area (Å²) in [6.07, 6.45) is 2.18. The van der Waals surface area contributed by atoms with Gasteiger partial charge in [0.2, 0.25) is 5.91 Å². The summed E-state index contributed by atoms with van der Waals surface area (Å²) in [7, 11) is 0. The Morgan fingerprint density at radius 3 is 2.22 bits per heavy atom. The maximum absolute atomic E-state index is 12.3. The lowest BCUT2D eigenvalue weighted by atomic mass is 10.1. The topological polar surface area (TPSA) is 61.4 Å². The summed E-state index contributed by atoms with van der Waals surface area (Å²) in [5.74, 6) is 0.0344. The van der Waals surface area contributed by atoms with Gasteiger partial charge in [0.25, 0.3) is 5.91 Å². The summed E-state index contributed by atoms with van der Waals surface area (Å²) in [5.41, 5.74) is 4.98. The van der Waals surface area contributed by atoms with Gasteiger partial charge in [-0.1, -0.05) is 18.2 Å². The van der Waals surface area contributed by atoms with Crippen LogP contribution in [0.4, 0.5) is 5.69 Å². The third-order valence-corrected chi connectivity index (χ3v) is 4.76. The first-order valence-electron chi connectivity index (χ1n) is 9.48. The first kappa shape index (κ1) is 19.0. The summed E-state index contributed by atoms with van der Waals surface area (Å²) in [6, 6.07) is 13.6. The summed E-state index contributed by atoms with van der Waals surface area (Å²) in [4.78, 5) is 26.3. The Hall–Kier alpha value is -2.82. The van der Waals surface area contributed by atoms with Gasteiger partial charge >= 0.3 is 0 Å². The maximum Gasteiger partial charge on any atom is 0.253 e. The lowest BCUT2D eigenvalue weighted by Crippen LogP contribution is -2.29. The number of hydrogen-bond donors (Lipinski definition) is 2. The molecular weight excluding hydrogens is 338 g/mol. The fraction of sp³-hybridized carbons (Fsp3) is 0.364. The number of carbonyl (C=O) groups excluding carboxylic acids is 2. The molecule has 0 bridgehead atoms. The standard InChI is InChI=1S/C22H27N3O2/c1-16-11-17(2)13-20(12-16)23-15-21(26)24-14-18-5-7-19(8-6-18)22(27)25-9-3-4-10-25/h5-8,11-13,23H,3-4,9-10,14-15H2,1-2H3,(H,24,26). The third kappa shape index (κ3) is 5.33. The van der Waals surface area contributed by atoms with Gasteiger partial charge in [-0.2, -0.15) is 0 Å². The van der Waals surface area contributed by atoms with Crippen molar-refractivity contribution in [3.05, 3.63) is 64.7 Å². The number of nitrogens with one attached hydrogen (secondary N) is 2. The Morgan fingerprint density at radius 2 is 1.59 bits per heavy atom. The van der Waals surface area contributed by atoms with Crippen LogP contribution in [0.25, 0.3) is 0 Å². The minimum absolute atomic E-state index is 0.0635. The molecule has 1 saturated heterocycles. The second-order valence-corrected chi connectivity index (χ2v) is 7.20. The fourth-order valence-corrected chi connectivity index (χ4v) is 3.39. The van der Waals surface area contributed by atoms with Crippen LogP contribution in [-0.4, -0.2) is 36.3 Å². The first-order valence-corrected chi connectivity index (χ1v) is 9.48. The van der Waals surface area contributed by atoms with Crippen LogP contribution in [0, 0.1) is 13.8 Å². The number of amides is 2. The van der Waals surface area contributed by atoms with E-state index in [-0.39, 0.29) is 18.4 Å². The molecule has 0 unspecified atom stereocenters. The highest BCUT2D eigenvalue weighted by molar-refractivity contribution is 5.94. The van der Waals surface area contributed by atoms with E-state index in [1.54, 1.807) is 0 Å². The number of likely N-dealkylation sites (tertiary alicyclic amines) is 1. The molecule has 1 fully saturated rings. The minimum Gasteiger partial charge on any atom is -0.376 e. The SMILES string of the molecule is Cc1cc(C)cc(NCC(=O)NCc2ccc(C(=O)N3CCCC3)cc2)c1. The van der Waals surface area contributed by atoms with Crippen molar-refractivity contribution >= 4 is 17.5 Å². The average molecular weight is 365 g/mol. The van der Waals surface area contributed by atoms with E-state index in [0.29, 0.717) is 12.1 Å². The molecule has 1 aliphatic rings. The maximum atomic E-state index is 12.3. The van der Waals surface area contributed by atoms with Gasteiger partial charge in [0.05, 0.1) is 6.54 Å². The molecule has 0 aromatic heterocycles. The zero-order chi connectivity index (χ0) is 19.2. The van der Waals surface area contributed by atoms with E-state index in [1.165, 1.54) is 11.1 Å². The van der Waals surface area contributed by atoms with Crippen LogP contribution < -0.4 is 10.6 Å². The van der Waals surface area contributed by atoms with Gasteiger partial charge in [-0.05, 0) is 67.6 Å². The van der Waals surface area contributed by atoms with Gasteiger partial charge in [0.1, 0.15) is 0 Å². The smallest absolute Gasteiger partial charge is 0.253 e. The zero-order valence-electron chi connectivity index (χ0n) is 16.0. The predicted molar refractivity (Wildman–Crippen MR) is 108 cm³/mol. The van der Waals surface area contributed by atoms with Crippen molar-refractivity contribution in [3.63, 3.8) is 0 Å². The highest BCUT2D eigenvalue weighted by atomic mass is 16.2. The monoisotopic (exact) mass is 365 g/mol. The first-order chi connectivity index (χ1) is 13.0. The largest absolute Gasteiger partial charge is 0.376 e. The van der Waals surface area contributed by atoms with Gasteiger partial charge in [0.15, 0.2) is 0 Å². The second-order valence-electron chi connectivity index (χ2n) is 7.20. The molecule has 0 radical (unpaired) electrons. The molecule has 0 atom stereocenters. The quantitative estimate of drug-likeness (QED) is 0.826. The molecule has 5 nitrogen and oxygen atoms in total. The molecule has 3 rings (SSSR count). The molecule has 0 spiro atoms. The minimum atomic E-state index is -0.0635. The van der Waals surface area contributed by atoms with Crippen LogP contribution in [-0.2, 0) is 11.3 Å². The molecule has 5 heteroatoms. The molecular formula is C22H27N3O2. The van der Waals surface area contributed by atoms with E-state index < -0.39 is 0 Å². The Kier molecular flexibility index (Phi) is 6.12. The number of rotatable bonds is 6. The van der Waals surface area contributed by atoms with Crippen molar-refractivity contribution in [2.45, 2.75) is 33.2 Å². The Morgan fingerprint density at radius 1 is 0.963 bits per heavy atom. The van der Waals surface area contributed by atoms with Crippen LogP contribution in [0.2, 0.25) is 0 Å². The molecule has 27 heavy (non-hydrogen) atoms. The van der Waals surface area contributed by atoms with Gasteiger partial charge in [0, 0.05) is 30.9 Å². The van der Waals surface area contributed by atoms with Crippen LogP contribution in [0.15, 0.2) is 42.5 Å². The molecule has 0 saturated carbocycles. The van der Waals surface area contributed by atoms with Gasteiger partial charge in [-0.3, -0.25) is 9.59 Å². The van der Waals surface area contributed by atoms with E-state index in [2.05, 4.69) is 16.7 Å². The summed E-state index contributed by atoms with van der Waals surface area (Å²) >= 11 is 0. The highest BCUT2D eigenvalue weighted by Gasteiger charge is 2.19. The molecule has 2 N–H and O–H groups in total. The van der Waals surface area contributed by atoms with Crippen molar-refractivity contribution in [1.82, 2.24) is 10.2 Å². The van der Waals surface area contributed by atoms with Gasteiger partial charge in [-0.15, -0.1) is 0 Å². The summed E-state index contributed by atoms with van der Waals surface area (Å²) in [6.45, 7) is 6.46. The molecule has 0 aliphatic carbocycles. The number of aryl methyl sites for hydroxylation is 2. The van der Waals surface area contributed by atoms with E-state index in [4.69, 9.17) is 0 Å². The molecule has 2 amide bonds. The number of carbonyl (C=O) groups is 2. The lowest BCUT2D eigenvalue weighted by molar-refractivity contribution is -0.119. The molecule has 2 aromatic carbocycles. The number of hydrogen-bond acceptors (Lipinski definition) is 3. The lowest BCUT2D eigenvalue weighted by Gasteiger charge is -2.15. The van der Waals surface area contributed by atoms with Crippen molar-refractivity contribution in [3.8, 4) is 0 Å². The van der Waals surface area contributed by atoms with Crippen LogP contribution >= 0.6 is 0 Å². The highest BCUT2D eigenvalue weighted by Crippen LogP contribution is 2.14. The van der Waals surface area contributed by atoms with Gasteiger partial charge < -0.3 is 15.5 Å². The van der Waals surface area contributed by atoms with Crippen molar-refractivity contribution < 1.29 is 9.59 Å². The van der Waals surface area contributed by atoms with Crippen molar-refractivity contribution in [1.29, 1.82) is 0 Å². The van der Waals surface area contributed by atoms with E-state index in [9.17, 15) is 9.59 Å². The number of anilines is 1. The molecule has 1 heterocycles. The molecule has 1 aliphatic heterocycles. The van der Waals surface area contributed by atoms with Crippen molar-refractivity contribution in [2.75, 3.05) is 25.0 Å². The van der Waals surface area contributed by atoms with Crippen molar-refractivity contribution in [2.24, 2.45) is 0 Å². The average Bonchev–Trinajstić information content (AvgIpc) is 3.18. The Balaban J connectivity index is 1.46. The Labute approximate surface area is 160 Å². The summed E-state index contributed by atoms with van der Waals surface area (Å²) < 4.78 is 0. The zero-order valence-corrected chi connectivity index (χ0v) is 16.0.